The van der Waals surface area contributed by atoms with E-state index in [1.807, 2.05) is 0 Å². The largest absolute Gasteiger partial charge is 0.491 e. The topological polar surface area (TPSA) is 64.7 Å². The summed E-state index contributed by atoms with van der Waals surface area (Å²) in [7, 11) is 0. The molecule has 1 aromatic carbocycles. The number of hydrogen-bond donors (Lipinski definition) is 2. The van der Waals surface area contributed by atoms with Gasteiger partial charge in [0.2, 0.25) is 0 Å². The van der Waals surface area contributed by atoms with Gasteiger partial charge >= 0.3 is 0 Å². The van der Waals surface area contributed by atoms with Crippen molar-refractivity contribution in [3.05, 3.63) is 24.3 Å². The number of rotatable bonds is 6. The molecule has 0 spiro atoms. The van der Waals surface area contributed by atoms with Gasteiger partial charge < -0.3 is 20.3 Å². The van der Waals surface area contributed by atoms with Gasteiger partial charge in [0.1, 0.15) is 18.5 Å². The number of nitrogens with two attached hydrogens (primary N) is 1. The standard InChI is InChI=1S/C17H27NO3/c1-12-3-6-17(9-13(12)2)21-11-15(19)10-20-16-7-4-14(18)5-8-16/h4-5,7-8,12-13,15,17,19H,3,6,9-11,18H2,1-2H3. The summed E-state index contributed by atoms with van der Waals surface area (Å²) in [6.07, 6.45) is 3.08. The van der Waals surface area contributed by atoms with Crippen LogP contribution in [-0.2, 0) is 4.74 Å². The van der Waals surface area contributed by atoms with Gasteiger partial charge in [0, 0.05) is 5.69 Å². The third kappa shape index (κ3) is 5.21. The molecule has 0 saturated heterocycles. The van der Waals surface area contributed by atoms with Crippen LogP contribution in [0.3, 0.4) is 0 Å². The summed E-state index contributed by atoms with van der Waals surface area (Å²) < 4.78 is 11.3. The number of nitrogen functional groups attached to an aromatic ring is 1. The van der Waals surface area contributed by atoms with Crippen molar-refractivity contribution >= 4 is 5.69 Å². The molecule has 4 nitrogen and oxygen atoms in total. The van der Waals surface area contributed by atoms with Crippen LogP contribution >= 0.6 is 0 Å². The summed E-state index contributed by atoms with van der Waals surface area (Å²) in [5, 5.41) is 9.94. The quantitative estimate of drug-likeness (QED) is 0.792. The van der Waals surface area contributed by atoms with E-state index in [-0.39, 0.29) is 12.7 Å². The van der Waals surface area contributed by atoms with Crippen LogP contribution in [0.2, 0.25) is 0 Å². The Morgan fingerprint density at radius 3 is 2.52 bits per heavy atom. The normalized spacial score (nSPS) is 27.3. The Kier molecular flexibility index (Phi) is 5.88. The maximum Gasteiger partial charge on any atom is 0.119 e. The van der Waals surface area contributed by atoms with Crippen LogP contribution in [0.15, 0.2) is 24.3 Å². The average molecular weight is 293 g/mol. The van der Waals surface area contributed by atoms with Crippen LogP contribution in [0.1, 0.15) is 33.1 Å². The van der Waals surface area contributed by atoms with E-state index in [0.717, 1.165) is 18.8 Å². The first-order valence-corrected chi connectivity index (χ1v) is 7.82. The Hall–Kier alpha value is -1.26. The summed E-state index contributed by atoms with van der Waals surface area (Å²) >= 11 is 0. The van der Waals surface area contributed by atoms with Crippen LogP contribution < -0.4 is 10.5 Å². The fraction of sp³-hybridized carbons (Fsp3) is 0.647. The van der Waals surface area contributed by atoms with Crippen LogP contribution in [0.4, 0.5) is 5.69 Å². The first-order chi connectivity index (χ1) is 10.0. The molecule has 21 heavy (non-hydrogen) atoms. The Balaban J connectivity index is 1.65. The first-order valence-electron chi connectivity index (χ1n) is 7.82. The molecule has 0 bridgehead atoms. The minimum absolute atomic E-state index is 0.239. The predicted octanol–water partition coefficient (Wildman–Crippen LogP) is 2.85. The maximum absolute atomic E-state index is 9.94. The van der Waals surface area contributed by atoms with Gasteiger partial charge in [-0.15, -0.1) is 0 Å². The summed E-state index contributed by atoms with van der Waals surface area (Å²) in [5.41, 5.74) is 6.31. The Labute approximate surface area is 127 Å². The van der Waals surface area contributed by atoms with E-state index in [1.54, 1.807) is 24.3 Å². The first kappa shape index (κ1) is 16.1. The molecule has 1 saturated carbocycles. The van der Waals surface area contributed by atoms with Crippen molar-refractivity contribution in [3.8, 4) is 5.75 Å². The zero-order chi connectivity index (χ0) is 15.2. The second kappa shape index (κ2) is 7.66. The van der Waals surface area contributed by atoms with Crippen molar-refractivity contribution in [2.75, 3.05) is 18.9 Å². The second-order valence-electron chi connectivity index (χ2n) is 6.26. The van der Waals surface area contributed by atoms with Crippen molar-refractivity contribution in [1.82, 2.24) is 0 Å². The number of anilines is 1. The van der Waals surface area contributed by atoms with E-state index in [1.165, 1.54) is 6.42 Å². The van der Waals surface area contributed by atoms with Gasteiger partial charge in [-0.05, 0) is 55.4 Å². The van der Waals surface area contributed by atoms with E-state index < -0.39 is 6.10 Å². The lowest BCUT2D eigenvalue weighted by molar-refractivity contribution is -0.0489. The molecule has 2 rings (SSSR count). The number of ether oxygens (including phenoxy) is 2. The molecule has 4 heteroatoms. The van der Waals surface area contributed by atoms with Gasteiger partial charge in [-0.3, -0.25) is 0 Å². The number of aliphatic hydroxyl groups excluding tert-OH is 1. The SMILES string of the molecule is CC1CCC(OCC(O)COc2ccc(N)cc2)CC1C. The molecule has 4 atom stereocenters. The third-order valence-electron chi connectivity index (χ3n) is 4.40. The molecule has 4 unspecified atom stereocenters. The minimum atomic E-state index is -0.600. The third-order valence-corrected chi connectivity index (χ3v) is 4.40. The summed E-state index contributed by atoms with van der Waals surface area (Å²) in [6, 6.07) is 7.16. The monoisotopic (exact) mass is 293 g/mol. The zero-order valence-corrected chi connectivity index (χ0v) is 13.0. The van der Waals surface area contributed by atoms with E-state index in [4.69, 9.17) is 15.2 Å². The highest BCUT2D eigenvalue weighted by molar-refractivity contribution is 5.41. The van der Waals surface area contributed by atoms with Crippen LogP contribution in [0.25, 0.3) is 0 Å². The highest BCUT2D eigenvalue weighted by Crippen LogP contribution is 2.30. The lowest BCUT2D eigenvalue weighted by Crippen LogP contribution is -2.31. The maximum atomic E-state index is 9.94. The predicted molar refractivity (Wildman–Crippen MR) is 84.3 cm³/mol. The Morgan fingerprint density at radius 2 is 1.86 bits per heavy atom. The highest BCUT2D eigenvalue weighted by atomic mass is 16.5. The van der Waals surface area contributed by atoms with Gasteiger partial charge in [0.05, 0.1) is 12.7 Å². The van der Waals surface area contributed by atoms with E-state index in [9.17, 15) is 5.11 Å². The summed E-state index contributed by atoms with van der Waals surface area (Å²) in [6.45, 7) is 5.15. The van der Waals surface area contributed by atoms with E-state index in [0.29, 0.717) is 24.0 Å². The Morgan fingerprint density at radius 1 is 1.14 bits per heavy atom. The number of hydrogen-bond acceptors (Lipinski definition) is 4. The fourth-order valence-electron chi connectivity index (χ4n) is 2.70. The average Bonchev–Trinajstić information content (AvgIpc) is 2.48. The molecule has 1 fully saturated rings. The molecule has 0 radical (unpaired) electrons. The van der Waals surface area contributed by atoms with Gasteiger partial charge in [0.25, 0.3) is 0 Å². The van der Waals surface area contributed by atoms with Crippen LogP contribution in [0.5, 0.6) is 5.75 Å². The molecule has 3 N–H and O–H groups in total. The lowest BCUT2D eigenvalue weighted by Gasteiger charge is -2.32. The van der Waals surface area contributed by atoms with E-state index >= 15 is 0 Å². The minimum Gasteiger partial charge on any atom is -0.491 e. The second-order valence-corrected chi connectivity index (χ2v) is 6.26. The molecule has 0 heterocycles. The van der Waals surface area contributed by atoms with Gasteiger partial charge in [-0.1, -0.05) is 13.8 Å². The van der Waals surface area contributed by atoms with Crippen molar-refractivity contribution < 1.29 is 14.6 Å². The molecule has 1 aromatic rings. The molecule has 118 valence electrons. The lowest BCUT2D eigenvalue weighted by atomic mass is 9.80. The molecule has 1 aliphatic carbocycles. The van der Waals surface area contributed by atoms with Gasteiger partial charge in [-0.2, -0.15) is 0 Å². The Bertz CT molecular complexity index is 421. The zero-order valence-electron chi connectivity index (χ0n) is 13.0. The molecular formula is C17H27NO3. The molecular weight excluding hydrogens is 266 g/mol. The van der Waals surface area contributed by atoms with Crippen LogP contribution in [0, 0.1) is 11.8 Å². The fourth-order valence-corrected chi connectivity index (χ4v) is 2.70. The number of aliphatic hydroxyl groups is 1. The van der Waals surface area contributed by atoms with Crippen LogP contribution in [-0.4, -0.2) is 30.5 Å². The van der Waals surface area contributed by atoms with Gasteiger partial charge in [-0.25, -0.2) is 0 Å². The number of benzene rings is 1. The smallest absolute Gasteiger partial charge is 0.119 e. The van der Waals surface area contributed by atoms with Crippen molar-refractivity contribution in [3.63, 3.8) is 0 Å². The molecule has 0 aliphatic heterocycles. The molecule has 1 aliphatic rings. The molecule has 0 aromatic heterocycles. The van der Waals surface area contributed by atoms with Crippen molar-refractivity contribution in [2.45, 2.75) is 45.3 Å². The van der Waals surface area contributed by atoms with E-state index in [2.05, 4.69) is 13.8 Å². The van der Waals surface area contributed by atoms with Crippen molar-refractivity contribution in [1.29, 1.82) is 0 Å². The van der Waals surface area contributed by atoms with Crippen molar-refractivity contribution in [2.24, 2.45) is 11.8 Å². The highest BCUT2D eigenvalue weighted by Gasteiger charge is 2.25. The van der Waals surface area contributed by atoms with Gasteiger partial charge in [0.15, 0.2) is 0 Å². The molecule has 0 amide bonds. The summed E-state index contributed by atoms with van der Waals surface area (Å²) in [4.78, 5) is 0. The summed E-state index contributed by atoms with van der Waals surface area (Å²) in [5.74, 6) is 2.19.